The van der Waals surface area contributed by atoms with E-state index in [0.717, 1.165) is 17.0 Å². The lowest BCUT2D eigenvalue weighted by molar-refractivity contribution is 0.169. The summed E-state index contributed by atoms with van der Waals surface area (Å²) in [5.41, 5.74) is 2.72. The van der Waals surface area contributed by atoms with Crippen LogP contribution in [0.3, 0.4) is 0 Å². The van der Waals surface area contributed by atoms with Crippen molar-refractivity contribution in [3.63, 3.8) is 0 Å². The Labute approximate surface area is 95.6 Å². The second-order valence-corrected chi connectivity index (χ2v) is 3.74. The molecule has 0 saturated heterocycles. The Morgan fingerprint density at radius 3 is 2.50 bits per heavy atom. The molecule has 0 bridgehead atoms. The Balaban J connectivity index is 2.36. The first-order valence-corrected chi connectivity index (χ1v) is 5.51. The van der Waals surface area contributed by atoms with Crippen molar-refractivity contribution >= 4 is 0 Å². The molecule has 0 saturated carbocycles. The molecule has 0 fully saturated rings. The van der Waals surface area contributed by atoms with Gasteiger partial charge in [0.15, 0.2) is 0 Å². The van der Waals surface area contributed by atoms with Crippen molar-refractivity contribution in [2.45, 2.75) is 19.4 Å². The zero-order valence-electron chi connectivity index (χ0n) is 9.30. The van der Waals surface area contributed by atoms with Crippen LogP contribution in [0.2, 0.25) is 0 Å². The third-order valence-corrected chi connectivity index (χ3v) is 2.57. The van der Waals surface area contributed by atoms with Crippen LogP contribution in [0.5, 0.6) is 0 Å². The van der Waals surface area contributed by atoms with Crippen molar-refractivity contribution in [2.24, 2.45) is 0 Å². The number of aliphatic hydroxyl groups is 1. The van der Waals surface area contributed by atoms with E-state index in [4.69, 9.17) is 0 Å². The summed E-state index contributed by atoms with van der Waals surface area (Å²) in [6, 6.07) is 15.7. The Morgan fingerprint density at radius 1 is 1.06 bits per heavy atom. The number of aliphatic hydroxyl groups excluding tert-OH is 1. The minimum atomic E-state index is -0.469. The second-order valence-electron chi connectivity index (χ2n) is 3.74. The second kappa shape index (κ2) is 4.90. The minimum Gasteiger partial charge on any atom is -0.387 e. The fourth-order valence-electron chi connectivity index (χ4n) is 1.62. The van der Waals surface area contributed by atoms with Crippen molar-refractivity contribution in [2.75, 3.05) is 0 Å². The van der Waals surface area contributed by atoms with Crippen LogP contribution in [0.15, 0.2) is 48.5 Å². The van der Waals surface area contributed by atoms with Gasteiger partial charge in [0.05, 0.1) is 17.5 Å². The van der Waals surface area contributed by atoms with Crippen molar-refractivity contribution in [3.8, 4) is 11.3 Å². The Hall–Kier alpha value is -1.67. The standard InChI is InChI=1S/C14H15NO/c1-2-14(16)13-10-6-9-12(15-13)11-7-4-3-5-8-11/h3-10,14,16H,2H2,1H3. The van der Waals surface area contributed by atoms with Gasteiger partial charge in [0.2, 0.25) is 0 Å². The van der Waals surface area contributed by atoms with E-state index in [9.17, 15) is 5.11 Å². The lowest BCUT2D eigenvalue weighted by atomic mass is 10.1. The van der Waals surface area contributed by atoms with Crippen molar-refractivity contribution in [1.29, 1.82) is 0 Å². The highest BCUT2D eigenvalue weighted by atomic mass is 16.3. The number of aromatic nitrogens is 1. The molecule has 0 radical (unpaired) electrons. The van der Waals surface area contributed by atoms with Crippen LogP contribution >= 0.6 is 0 Å². The van der Waals surface area contributed by atoms with E-state index in [1.54, 1.807) is 0 Å². The van der Waals surface area contributed by atoms with Crippen LogP contribution in [-0.2, 0) is 0 Å². The first-order chi connectivity index (χ1) is 7.81. The van der Waals surface area contributed by atoms with Gasteiger partial charge in [0.25, 0.3) is 0 Å². The van der Waals surface area contributed by atoms with Gasteiger partial charge in [-0.15, -0.1) is 0 Å². The predicted octanol–water partition coefficient (Wildman–Crippen LogP) is 3.19. The van der Waals surface area contributed by atoms with Crippen LogP contribution in [-0.4, -0.2) is 10.1 Å². The van der Waals surface area contributed by atoms with Gasteiger partial charge in [-0.2, -0.15) is 0 Å². The van der Waals surface area contributed by atoms with Crippen LogP contribution < -0.4 is 0 Å². The van der Waals surface area contributed by atoms with Gasteiger partial charge in [0.1, 0.15) is 0 Å². The normalized spacial score (nSPS) is 12.4. The lowest BCUT2D eigenvalue weighted by Gasteiger charge is -2.08. The maximum atomic E-state index is 9.74. The molecular weight excluding hydrogens is 198 g/mol. The highest BCUT2D eigenvalue weighted by molar-refractivity contribution is 5.58. The molecule has 1 aromatic carbocycles. The van der Waals surface area contributed by atoms with Crippen LogP contribution in [0.1, 0.15) is 25.1 Å². The monoisotopic (exact) mass is 213 g/mol. The summed E-state index contributed by atoms with van der Waals surface area (Å²) in [5, 5.41) is 9.74. The van der Waals surface area contributed by atoms with E-state index in [-0.39, 0.29) is 0 Å². The molecule has 16 heavy (non-hydrogen) atoms. The Morgan fingerprint density at radius 2 is 1.81 bits per heavy atom. The molecule has 2 heteroatoms. The molecule has 2 nitrogen and oxygen atoms in total. The first-order valence-electron chi connectivity index (χ1n) is 5.51. The molecule has 2 rings (SSSR count). The van der Waals surface area contributed by atoms with Crippen molar-refractivity contribution < 1.29 is 5.11 Å². The van der Waals surface area contributed by atoms with Gasteiger partial charge < -0.3 is 5.11 Å². The van der Waals surface area contributed by atoms with Gasteiger partial charge in [-0.25, -0.2) is 0 Å². The summed E-state index contributed by atoms with van der Waals surface area (Å²) in [4.78, 5) is 4.46. The lowest BCUT2D eigenvalue weighted by Crippen LogP contribution is -1.99. The fraction of sp³-hybridized carbons (Fsp3) is 0.214. The summed E-state index contributed by atoms with van der Waals surface area (Å²) < 4.78 is 0. The maximum Gasteiger partial charge on any atom is 0.0957 e. The van der Waals surface area contributed by atoms with E-state index >= 15 is 0 Å². The molecule has 82 valence electrons. The summed E-state index contributed by atoms with van der Waals surface area (Å²) >= 11 is 0. The van der Waals surface area contributed by atoms with E-state index in [1.165, 1.54) is 0 Å². The summed E-state index contributed by atoms with van der Waals surface area (Å²) in [7, 11) is 0. The van der Waals surface area contributed by atoms with E-state index in [0.29, 0.717) is 6.42 Å². The quantitative estimate of drug-likeness (QED) is 0.849. The molecule has 0 aliphatic heterocycles. The number of rotatable bonds is 3. The third kappa shape index (κ3) is 2.28. The number of nitrogens with zero attached hydrogens (tertiary/aromatic N) is 1. The zero-order chi connectivity index (χ0) is 11.4. The van der Waals surface area contributed by atoms with Gasteiger partial charge in [0, 0.05) is 5.56 Å². The number of hydrogen-bond donors (Lipinski definition) is 1. The molecule has 1 N–H and O–H groups in total. The molecule has 2 aromatic rings. The van der Waals surface area contributed by atoms with Crippen molar-refractivity contribution in [1.82, 2.24) is 4.98 Å². The largest absolute Gasteiger partial charge is 0.387 e. The van der Waals surface area contributed by atoms with Gasteiger partial charge in [-0.05, 0) is 18.6 Å². The van der Waals surface area contributed by atoms with E-state index in [2.05, 4.69) is 4.98 Å². The maximum absolute atomic E-state index is 9.74. The molecule has 0 aliphatic carbocycles. The molecule has 0 amide bonds. The predicted molar refractivity (Wildman–Crippen MR) is 64.9 cm³/mol. The fourth-order valence-corrected chi connectivity index (χ4v) is 1.62. The average Bonchev–Trinajstić information content (AvgIpc) is 2.39. The average molecular weight is 213 g/mol. The van der Waals surface area contributed by atoms with Crippen LogP contribution in [0, 0.1) is 0 Å². The number of hydrogen-bond acceptors (Lipinski definition) is 2. The van der Waals surface area contributed by atoms with Gasteiger partial charge >= 0.3 is 0 Å². The topological polar surface area (TPSA) is 33.1 Å². The highest BCUT2D eigenvalue weighted by Crippen LogP contribution is 2.20. The van der Waals surface area contributed by atoms with Gasteiger partial charge in [-0.1, -0.05) is 43.3 Å². The minimum absolute atomic E-state index is 0.469. The highest BCUT2D eigenvalue weighted by Gasteiger charge is 2.07. The summed E-state index contributed by atoms with van der Waals surface area (Å²) in [6.07, 6.45) is 0.217. The number of benzene rings is 1. The SMILES string of the molecule is CCC(O)c1cccc(-c2ccccc2)n1. The number of pyridine rings is 1. The first kappa shape index (κ1) is 10.8. The molecule has 1 atom stereocenters. The molecular formula is C14H15NO. The van der Waals surface area contributed by atoms with Crippen molar-refractivity contribution in [3.05, 3.63) is 54.2 Å². The third-order valence-electron chi connectivity index (χ3n) is 2.57. The summed E-state index contributed by atoms with van der Waals surface area (Å²) in [6.45, 7) is 1.95. The molecule has 1 unspecified atom stereocenters. The smallest absolute Gasteiger partial charge is 0.0957 e. The molecule has 1 heterocycles. The molecule has 1 aromatic heterocycles. The van der Waals surface area contributed by atoms with E-state index in [1.807, 2.05) is 55.5 Å². The Bertz CT molecular complexity index is 453. The zero-order valence-corrected chi connectivity index (χ0v) is 9.30. The summed E-state index contributed by atoms with van der Waals surface area (Å²) in [5.74, 6) is 0. The van der Waals surface area contributed by atoms with Crippen LogP contribution in [0.4, 0.5) is 0 Å². The van der Waals surface area contributed by atoms with Crippen LogP contribution in [0.25, 0.3) is 11.3 Å². The molecule has 0 spiro atoms. The van der Waals surface area contributed by atoms with Gasteiger partial charge in [-0.3, -0.25) is 4.98 Å². The Kier molecular flexibility index (Phi) is 3.32. The van der Waals surface area contributed by atoms with E-state index < -0.39 is 6.10 Å². The molecule has 0 aliphatic rings.